The standard InChI is InChI=1S/C15H18N2O3/c1-17(10-11-6-4-5-9-16-11)14(18)12-7-2-3-8-13(12)15(19)20/h2-6,9,12-13H,7-8,10H2,1H3,(H,19,20). The van der Waals surface area contributed by atoms with Gasteiger partial charge in [-0.05, 0) is 25.0 Å². The maximum absolute atomic E-state index is 12.4. The van der Waals surface area contributed by atoms with Crippen LogP contribution in [0.25, 0.3) is 0 Å². The number of nitrogens with zero attached hydrogens (tertiary/aromatic N) is 2. The molecule has 0 aromatic carbocycles. The first-order valence-electron chi connectivity index (χ1n) is 6.62. The van der Waals surface area contributed by atoms with Crippen molar-refractivity contribution in [3.63, 3.8) is 0 Å². The van der Waals surface area contributed by atoms with Crippen molar-refractivity contribution >= 4 is 11.9 Å². The van der Waals surface area contributed by atoms with Gasteiger partial charge in [-0.15, -0.1) is 0 Å². The van der Waals surface area contributed by atoms with Gasteiger partial charge in [0.15, 0.2) is 0 Å². The number of carboxylic acid groups (broad SMARTS) is 1. The minimum absolute atomic E-state index is 0.132. The summed E-state index contributed by atoms with van der Waals surface area (Å²) in [5, 5.41) is 9.21. The monoisotopic (exact) mass is 274 g/mol. The molecule has 1 heterocycles. The van der Waals surface area contributed by atoms with Crippen LogP contribution in [0.1, 0.15) is 18.5 Å². The average Bonchev–Trinajstić information content (AvgIpc) is 2.47. The van der Waals surface area contributed by atoms with Crippen molar-refractivity contribution in [2.75, 3.05) is 7.05 Å². The summed E-state index contributed by atoms with van der Waals surface area (Å²) in [7, 11) is 1.69. The summed E-state index contributed by atoms with van der Waals surface area (Å²) < 4.78 is 0. The Morgan fingerprint density at radius 2 is 2.00 bits per heavy atom. The number of aromatic nitrogens is 1. The number of carbonyl (C=O) groups excluding carboxylic acids is 1. The Balaban J connectivity index is 2.05. The highest BCUT2D eigenvalue weighted by molar-refractivity contribution is 5.85. The van der Waals surface area contributed by atoms with Gasteiger partial charge in [0.05, 0.1) is 24.1 Å². The van der Waals surface area contributed by atoms with Crippen LogP contribution in [-0.2, 0) is 16.1 Å². The number of hydrogen-bond donors (Lipinski definition) is 1. The number of carboxylic acids is 1. The smallest absolute Gasteiger partial charge is 0.307 e. The van der Waals surface area contributed by atoms with E-state index in [1.165, 1.54) is 0 Å². The molecule has 1 aliphatic carbocycles. The molecule has 0 radical (unpaired) electrons. The third-order valence-corrected chi connectivity index (χ3v) is 3.57. The molecular weight excluding hydrogens is 256 g/mol. The number of carbonyl (C=O) groups is 2. The van der Waals surface area contributed by atoms with Crippen LogP contribution in [-0.4, -0.2) is 33.9 Å². The molecule has 0 bridgehead atoms. The Labute approximate surface area is 117 Å². The molecule has 106 valence electrons. The zero-order valence-electron chi connectivity index (χ0n) is 11.4. The molecular formula is C15H18N2O3. The summed E-state index contributed by atoms with van der Waals surface area (Å²) in [6.07, 6.45) is 6.31. The maximum Gasteiger partial charge on any atom is 0.307 e. The largest absolute Gasteiger partial charge is 0.481 e. The van der Waals surface area contributed by atoms with Gasteiger partial charge >= 0.3 is 5.97 Å². The molecule has 1 amide bonds. The second-order valence-corrected chi connectivity index (χ2v) is 5.01. The van der Waals surface area contributed by atoms with E-state index in [1.54, 1.807) is 18.1 Å². The van der Waals surface area contributed by atoms with Gasteiger partial charge in [-0.25, -0.2) is 0 Å². The molecule has 1 N–H and O–H groups in total. The highest BCUT2D eigenvalue weighted by atomic mass is 16.4. The first-order chi connectivity index (χ1) is 9.59. The summed E-state index contributed by atoms with van der Waals surface area (Å²) >= 11 is 0. The van der Waals surface area contributed by atoms with Crippen LogP contribution >= 0.6 is 0 Å². The number of rotatable bonds is 4. The fraction of sp³-hybridized carbons (Fsp3) is 0.400. The lowest BCUT2D eigenvalue weighted by atomic mass is 9.82. The zero-order valence-corrected chi connectivity index (χ0v) is 11.4. The van der Waals surface area contributed by atoms with Crippen molar-refractivity contribution in [3.05, 3.63) is 42.2 Å². The predicted octanol–water partition coefficient (Wildman–Crippen LogP) is 1.71. The average molecular weight is 274 g/mol. The fourth-order valence-electron chi connectivity index (χ4n) is 2.46. The summed E-state index contributed by atoms with van der Waals surface area (Å²) in [6.45, 7) is 0.395. The lowest BCUT2D eigenvalue weighted by Crippen LogP contribution is -2.39. The Morgan fingerprint density at radius 3 is 2.60 bits per heavy atom. The number of allylic oxidation sites excluding steroid dienone is 2. The van der Waals surface area contributed by atoms with Crippen LogP contribution in [0.15, 0.2) is 36.5 Å². The van der Waals surface area contributed by atoms with E-state index < -0.39 is 17.8 Å². The molecule has 0 aliphatic heterocycles. The van der Waals surface area contributed by atoms with E-state index in [4.69, 9.17) is 0 Å². The zero-order chi connectivity index (χ0) is 14.5. The maximum atomic E-state index is 12.4. The summed E-state index contributed by atoms with van der Waals surface area (Å²) in [5.74, 6) is -2.14. The summed E-state index contributed by atoms with van der Waals surface area (Å²) in [5.41, 5.74) is 0.793. The van der Waals surface area contributed by atoms with Crippen molar-refractivity contribution in [1.29, 1.82) is 0 Å². The van der Waals surface area contributed by atoms with Crippen LogP contribution < -0.4 is 0 Å². The van der Waals surface area contributed by atoms with E-state index in [-0.39, 0.29) is 5.91 Å². The van der Waals surface area contributed by atoms with Crippen molar-refractivity contribution in [3.8, 4) is 0 Å². The number of amides is 1. The number of pyridine rings is 1. The second kappa shape index (κ2) is 6.32. The second-order valence-electron chi connectivity index (χ2n) is 5.01. The lowest BCUT2D eigenvalue weighted by Gasteiger charge is -2.28. The molecule has 20 heavy (non-hydrogen) atoms. The Kier molecular flexibility index (Phi) is 4.50. The highest BCUT2D eigenvalue weighted by Crippen LogP contribution is 2.27. The number of aliphatic carboxylic acids is 1. The molecule has 2 rings (SSSR count). The minimum atomic E-state index is -0.904. The Bertz CT molecular complexity index is 513. The molecule has 2 unspecified atom stereocenters. The van der Waals surface area contributed by atoms with Gasteiger partial charge in [-0.3, -0.25) is 14.6 Å². The van der Waals surface area contributed by atoms with Gasteiger partial charge in [0.2, 0.25) is 5.91 Å². The molecule has 5 heteroatoms. The van der Waals surface area contributed by atoms with Crippen molar-refractivity contribution in [2.45, 2.75) is 19.4 Å². The molecule has 0 fully saturated rings. The van der Waals surface area contributed by atoms with E-state index in [0.717, 1.165) is 5.69 Å². The van der Waals surface area contributed by atoms with Gasteiger partial charge in [0, 0.05) is 13.2 Å². The molecule has 1 aromatic rings. The van der Waals surface area contributed by atoms with E-state index in [0.29, 0.717) is 19.4 Å². The Hall–Kier alpha value is -2.17. The molecule has 1 aliphatic rings. The quantitative estimate of drug-likeness (QED) is 0.848. The topological polar surface area (TPSA) is 70.5 Å². The summed E-state index contributed by atoms with van der Waals surface area (Å²) in [6, 6.07) is 5.53. The van der Waals surface area contributed by atoms with E-state index >= 15 is 0 Å². The molecule has 2 atom stereocenters. The fourth-order valence-corrected chi connectivity index (χ4v) is 2.46. The number of hydrogen-bond acceptors (Lipinski definition) is 3. The first-order valence-corrected chi connectivity index (χ1v) is 6.62. The lowest BCUT2D eigenvalue weighted by molar-refractivity contribution is -0.150. The highest BCUT2D eigenvalue weighted by Gasteiger charge is 2.35. The van der Waals surface area contributed by atoms with Crippen LogP contribution in [0, 0.1) is 11.8 Å². The van der Waals surface area contributed by atoms with E-state index in [2.05, 4.69) is 4.98 Å². The van der Waals surface area contributed by atoms with Gasteiger partial charge in [-0.2, -0.15) is 0 Å². The molecule has 0 spiro atoms. The third-order valence-electron chi connectivity index (χ3n) is 3.57. The van der Waals surface area contributed by atoms with Crippen molar-refractivity contribution in [2.24, 2.45) is 11.8 Å². The van der Waals surface area contributed by atoms with Crippen LogP contribution in [0.4, 0.5) is 0 Å². The van der Waals surface area contributed by atoms with Gasteiger partial charge in [0.1, 0.15) is 0 Å². The molecule has 0 saturated carbocycles. The normalized spacial score (nSPS) is 21.4. The SMILES string of the molecule is CN(Cc1ccccn1)C(=O)C1CC=CCC1C(=O)O. The Morgan fingerprint density at radius 1 is 1.30 bits per heavy atom. The van der Waals surface area contributed by atoms with E-state index in [1.807, 2.05) is 30.4 Å². The molecule has 5 nitrogen and oxygen atoms in total. The van der Waals surface area contributed by atoms with Crippen molar-refractivity contribution < 1.29 is 14.7 Å². The van der Waals surface area contributed by atoms with Crippen LogP contribution in [0.5, 0.6) is 0 Å². The first kappa shape index (κ1) is 14.2. The predicted molar refractivity (Wildman–Crippen MR) is 73.7 cm³/mol. The van der Waals surface area contributed by atoms with E-state index in [9.17, 15) is 14.7 Å². The van der Waals surface area contributed by atoms with Gasteiger partial charge in [0.25, 0.3) is 0 Å². The molecule has 1 aromatic heterocycles. The van der Waals surface area contributed by atoms with Gasteiger partial charge < -0.3 is 10.0 Å². The van der Waals surface area contributed by atoms with Gasteiger partial charge in [-0.1, -0.05) is 18.2 Å². The summed E-state index contributed by atoms with van der Waals surface area (Å²) in [4.78, 5) is 29.4. The van der Waals surface area contributed by atoms with Crippen LogP contribution in [0.3, 0.4) is 0 Å². The third kappa shape index (κ3) is 3.23. The molecule has 0 saturated heterocycles. The van der Waals surface area contributed by atoms with Crippen molar-refractivity contribution in [1.82, 2.24) is 9.88 Å². The van der Waals surface area contributed by atoms with Crippen LogP contribution in [0.2, 0.25) is 0 Å². The minimum Gasteiger partial charge on any atom is -0.481 e.